The van der Waals surface area contributed by atoms with Crippen LogP contribution in [0.1, 0.15) is 44.6 Å². The molecule has 0 saturated carbocycles. The quantitative estimate of drug-likeness (QED) is 0.569. The monoisotopic (exact) mass is 444 g/mol. The molecule has 3 aromatic rings. The van der Waals surface area contributed by atoms with E-state index in [0.717, 1.165) is 16.7 Å². The van der Waals surface area contributed by atoms with Crippen LogP contribution in [0.4, 0.5) is 21.5 Å². The maximum atomic E-state index is 16.0. The van der Waals surface area contributed by atoms with Gasteiger partial charge in [0, 0.05) is 25.0 Å². The van der Waals surface area contributed by atoms with E-state index < -0.39 is 16.6 Å². The van der Waals surface area contributed by atoms with E-state index >= 15 is 4.39 Å². The van der Waals surface area contributed by atoms with Crippen LogP contribution in [0.5, 0.6) is 0 Å². The number of likely N-dealkylation sites (N-methyl/N-ethyl adjacent to an activating group) is 1. The largest absolute Gasteiger partial charge is 0.312 e. The zero-order chi connectivity index (χ0) is 23.9. The molecular formula is C26H25FN4O2. The van der Waals surface area contributed by atoms with E-state index in [1.807, 2.05) is 39.0 Å². The molecule has 0 bridgehead atoms. The van der Waals surface area contributed by atoms with E-state index in [9.17, 15) is 9.59 Å². The Bertz CT molecular complexity index is 1350. The lowest BCUT2D eigenvalue weighted by Gasteiger charge is -2.23. The molecule has 0 unspecified atom stereocenters. The number of amides is 2. The molecule has 3 heterocycles. The molecule has 1 aromatic heterocycles. The molecule has 0 atom stereocenters. The minimum atomic E-state index is -0.829. The average molecular weight is 445 g/mol. The SMILES string of the molecule is Cc1ncc(-c2ccc3c(c2)N(c2ccc4c(c2F)N(C)C(=O)C4(C)C)C(=O)C3(C)C)cn1. The molecule has 0 fully saturated rings. The average Bonchev–Trinajstić information content (AvgIpc) is 3.08. The summed E-state index contributed by atoms with van der Waals surface area (Å²) in [6, 6.07) is 9.07. The standard InChI is InChI=1S/C26H25FN4O2/c1-14-28-12-16(13-29-14)15-7-8-17-20(11-15)31(24(33)25(17,2)3)19-10-9-18-22(21(19)27)30(6)23(32)26(18,4)5/h7-13H,1-6H3. The van der Waals surface area contributed by atoms with Gasteiger partial charge in [-0.1, -0.05) is 18.2 Å². The van der Waals surface area contributed by atoms with Crippen LogP contribution in [0.3, 0.4) is 0 Å². The third-order valence-corrected chi connectivity index (χ3v) is 6.95. The maximum Gasteiger partial charge on any atom is 0.241 e. The van der Waals surface area contributed by atoms with E-state index in [0.29, 0.717) is 17.1 Å². The van der Waals surface area contributed by atoms with Crippen LogP contribution in [0.25, 0.3) is 11.1 Å². The molecule has 0 spiro atoms. The van der Waals surface area contributed by atoms with Crippen LogP contribution in [-0.4, -0.2) is 28.8 Å². The van der Waals surface area contributed by atoms with Crippen molar-refractivity contribution in [3.8, 4) is 11.1 Å². The lowest BCUT2D eigenvalue weighted by Crippen LogP contribution is -2.34. The number of aryl methyl sites for hydroxylation is 1. The van der Waals surface area contributed by atoms with Gasteiger partial charge >= 0.3 is 0 Å². The lowest BCUT2D eigenvalue weighted by molar-refractivity contribution is -0.122. The van der Waals surface area contributed by atoms with Gasteiger partial charge in [0.1, 0.15) is 5.82 Å². The van der Waals surface area contributed by atoms with Crippen molar-refractivity contribution in [1.82, 2.24) is 9.97 Å². The van der Waals surface area contributed by atoms with Gasteiger partial charge < -0.3 is 4.90 Å². The van der Waals surface area contributed by atoms with Crippen molar-refractivity contribution in [2.45, 2.75) is 45.4 Å². The van der Waals surface area contributed by atoms with Gasteiger partial charge in [-0.25, -0.2) is 14.4 Å². The second-order valence-corrected chi connectivity index (χ2v) is 9.80. The van der Waals surface area contributed by atoms with Crippen LogP contribution >= 0.6 is 0 Å². The van der Waals surface area contributed by atoms with Crippen LogP contribution in [0.2, 0.25) is 0 Å². The Hall–Kier alpha value is -3.61. The van der Waals surface area contributed by atoms with Gasteiger partial charge in [-0.3, -0.25) is 14.5 Å². The van der Waals surface area contributed by atoms with Gasteiger partial charge in [0.15, 0.2) is 5.82 Å². The predicted molar refractivity (Wildman–Crippen MR) is 125 cm³/mol. The Morgan fingerprint density at radius 1 is 0.818 bits per heavy atom. The van der Waals surface area contributed by atoms with E-state index in [1.54, 1.807) is 45.4 Å². The molecule has 6 nitrogen and oxygen atoms in total. The Kier molecular flexibility index (Phi) is 4.31. The summed E-state index contributed by atoms with van der Waals surface area (Å²) >= 11 is 0. The first kappa shape index (κ1) is 21.2. The molecular weight excluding hydrogens is 419 g/mol. The third kappa shape index (κ3) is 2.78. The molecule has 168 valence electrons. The van der Waals surface area contributed by atoms with Gasteiger partial charge in [-0.15, -0.1) is 0 Å². The van der Waals surface area contributed by atoms with Gasteiger partial charge in [0.05, 0.1) is 27.9 Å². The summed E-state index contributed by atoms with van der Waals surface area (Å²) in [5, 5.41) is 0. The van der Waals surface area contributed by atoms with Crippen molar-refractivity contribution in [3.63, 3.8) is 0 Å². The molecule has 0 saturated heterocycles. The van der Waals surface area contributed by atoms with Gasteiger partial charge in [0.2, 0.25) is 11.8 Å². The number of nitrogens with zero attached hydrogens (tertiary/aromatic N) is 4. The zero-order valence-corrected chi connectivity index (χ0v) is 19.5. The molecule has 2 amide bonds. The van der Waals surface area contributed by atoms with Crippen LogP contribution in [0, 0.1) is 12.7 Å². The summed E-state index contributed by atoms with van der Waals surface area (Å²) in [4.78, 5) is 37.6. The minimum absolute atomic E-state index is 0.139. The van der Waals surface area contributed by atoms with E-state index in [4.69, 9.17) is 0 Å². The Morgan fingerprint density at radius 2 is 1.42 bits per heavy atom. The summed E-state index contributed by atoms with van der Waals surface area (Å²) in [5.41, 5.74) is 2.40. The maximum absolute atomic E-state index is 16.0. The first-order valence-corrected chi connectivity index (χ1v) is 10.9. The number of benzene rings is 2. The third-order valence-electron chi connectivity index (χ3n) is 6.95. The smallest absolute Gasteiger partial charge is 0.241 e. The molecule has 33 heavy (non-hydrogen) atoms. The highest BCUT2D eigenvalue weighted by Gasteiger charge is 2.48. The highest BCUT2D eigenvalue weighted by Crippen LogP contribution is 2.50. The molecule has 5 rings (SSSR count). The second-order valence-electron chi connectivity index (χ2n) is 9.80. The van der Waals surface area contributed by atoms with Crippen molar-refractivity contribution in [1.29, 1.82) is 0 Å². The molecule has 7 heteroatoms. The fourth-order valence-electron chi connectivity index (χ4n) is 4.90. The van der Waals surface area contributed by atoms with E-state index in [1.165, 1.54) is 9.80 Å². The van der Waals surface area contributed by atoms with Crippen LogP contribution in [-0.2, 0) is 20.4 Å². The number of halogens is 1. The van der Waals surface area contributed by atoms with Gasteiger partial charge in [-0.05, 0) is 63.4 Å². The Morgan fingerprint density at radius 3 is 2.09 bits per heavy atom. The van der Waals surface area contributed by atoms with Crippen molar-refractivity contribution >= 4 is 28.9 Å². The van der Waals surface area contributed by atoms with Crippen molar-refractivity contribution in [3.05, 3.63) is 65.5 Å². The number of hydrogen-bond donors (Lipinski definition) is 0. The molecule has 0 radical (unpaired) electrons. The first-order chi connectivity index (χ1) is 15.5. The number of carbonyl (C=O) groups is 2. The number of anilines is 3. The Balaban J connectivity index is 1.70. The van der Waals surface area contributed by atoms with E-state index in [-0.39, 0.29) is 23.2 Å². The molecule has 2 aliphatic rings. The van der Waals surface area contributed by atoms with Gasteiger partial charge in [0.25, 0.3) is 0 Å². The highest BCUT2D eigenvalue weighted by atomic mass is 19.1. The number of hydrogen-bond acceptors (Lipinski definition) is 4. The number of rotatable bonds is 2. The molecule has 2 aromatic carbocycles. The number of aromatic nitrogens is 2. The number of fused-ring (bicyclic) bond motifs is 2. The fourth-order valence-corrected chi connectivity index (χ4v) is 4.90. The summed E-state index contributed by atoms with van der Waals surface area (Å²) in [6.45, 7) is 9.06. The molecule has 0 aliphatic carbocycles. The highest BCUT2D eigenvalue weighted by molar-refractivity contribution is 6.14. The summed E-state index contributed by atoms with van der Waals surface area (Å²) < 4.78 is 16.0. The second kappa shape index (κ2) is 6.70. The van der Waals surface area contributed by atoms with Crippen LogP contribution in [0.15, 0.2) is 42.7 Å². The van der Waals surface area contributed by atoms with Crippen LogP contribution < -0.4 is 9.80 Å². The Labute approximate surface area is 192 Å². The summed E-state index contributed by atoms with van der Waals surface area (Å²) in [6.07, 6.45) is 3.46. The van der Waals surface area contributed by atoms with Crippen molar-refractivity contribution in [2.24, 2.45) is 0 Å². The minimum Gasteiger partial charge on any atom is -0.312 e. The van der Waals surface area contributed by atoms with Crippen molar-refractivity contribution < 1.29 is 14.0 Å². The van der Waals surface area contributed by atoms with Gasteiger partial charge in [-0.2, -0.15) is 0 Å². The summed E-state index contributed by atoms with van der Waals surface area (Å²) in [5.74, 6) is -0.307. The fraction of sp³-hybridized carbons (Fsp3) is 0.308. The zero-order valence-electron chi connectivity index (χ0n) is 19.5. The predicted octanol–water partition coefficient (Wildman–Crippen LogP) is 4.80. The first-order valence-electron chi connectivity index (χ1n) is 10.9. The lowest BCUT2D eigenvalue weighted by atomic mass is 9.85. The molecule has 0 N–H and O–H groups in total. The van der Waals surface area contributed by atoms with E-state index in [2.05, 4.69) is 9.97 Å². The molecule has 2 aliphatic heterocycles. The van der Waals surface area contributed by atoms with Crippen molar-refractivity contribution in [2.75, 3.05) is 16.8 Å². The normalized spacial score (nSPS) is 18.0. The topological polar surface area (TPSA) is 66.4 Å². The summed E-state index contributed by atoms with van der Waals surface area (Å²) in [7, 11) is 1.57. The number of carbonyl (C=O) groups excluding carboxylic acids is 2.